The molecule has 0 aliphatic heterocycles. The number of hydrogen-bond acceptors (Lipinski definition) is 5. The van der Waals surface area contributed by atoms with Crippen LogP contribution in [0.2, 0.25) is 0 Å². The van der Waals surface area contributed by atoms with Crippen LogP contribution in [0, 0.1) is 0 Å². The zero-order chi connectivity index (χ0) is 14.0. The molecule has 0 radical (unpaired) electrons. The highest BCUT2D eigenvalue weighted by molar-refractivity contribution is 7.89. The molecule has 2 rings (SSSR count). The molecule has 0 atom stereocenters. The molecule has 0 saturated carbocycles. The Labute approximate surface area is 109 Å². The fourth-order valence-electron chi connectivity index (χ4n) is 1.63. The molecule has 1 aromatic carbocycles. The Morgan fingerprint density at radius 3 is 2.68 bits per heavy atom. The summed E-state index contributed by atoms with van der Waals surface area (Å²) in [6.07, 6.45) is 1.15. The molecule has 0 spiro atoms. The third-order valence-electron chi connectivity index (χ3n) is 2.37. The van der Waals surface area contributed by atoms with Crippen LogP contribution in [0.15, 0.2) is 34.9 Å². The molecule has 2 aromatic rings. The Kier molecular flexibility index (Phi) is 3.39. The van der Waals surface area contributed by atoms with E-state index in [9.17, 15) is 13.2 Å². The summed E-state index contributed by atoms with van der Waals surface area (Å²) >= 11 is 0. The van der Waals surface area contributed by atoms with Crippen LogP contribution in [0.25, 0.3) is 11.3 Å². The van der Waals surface area contributed by atoms with Gasteiger partial charge >= 0.3 is 5.97 Å². The number of carbonyl (C=O) groups is 1. The molecule has 0 bridgehead atoms. The van der Waals surface area contributed by atoms with Gasteiger partial charge in [-0.1, -0.05) is 23.4 Å². The number of sulfone groups is 1. The van der Waals surface area contributed by atoms with E-state index in [1.54, 1.807) is 24.3 Å². The van der Waals surface area contributed by atoms with Crippen molar-refractivity contribution in [3.05, 3.63) is 41.6 Å². The first-order chi connectivity index (χ1) is 8.85. The molecular formula is C12H11NO5S. The molecule has 100 valence electrons. The lowest BCUT2D eigenvalue weighted by Gasteiger charge is -2.01. The molecule has 19 heavy (non-hydrogen) atoms. The first-order valence-electron chi connectivity index (χ1n) is 5.32. The van der Waals surface area contributed by atoms with Crippen molar-refractivity contribution in [1.82, 2.24) is 5.16 Å². The second-order valence-electron chi connectivity index (χ2n) is 4.15. The van der Waals surface area contributed by atoms with E-state index >= 15 is 0 Å². The van der Waals surface area contributed by atoms with E-state index in [0.29, 0.717) is 11.1 Å². The zero-order valence-electron chi connectivity index (χ0n) is 10.0. The third-order valence-corrected chi connectivity index (χ3v) is 3.23. The van der Waals surface area contributed by atoms with Crippen LogP contribution in [0.1, 0.15) is 16.1 Å². The van der Waals surface area contributed by atoms with Crippen LogP contribution in [0.5, 0.6) is 0 Å². The van der Waals surface area contributed by atoms with Crippen LogP contribution in [0.3, 0.4) is 0 Å². The lowest BCUT2D eigenvalue weighted by molar-refractivity contribution is 0.0686. The van der Waals surface area contributed by atoms with Crippen molar-refractivity contribution in [2.45, 2.75) is 5.75 Å². The van der Waals surface area contributed by atoms with E-state index < -0.39 is 15.8 Å². The first-order valence-corrected chi connectivity index (χ1v) is 7.38. The average Bonchev–Trinajstić information content (AvgIpc) is 2.76. The van der Waals surface area contributed by atoms with Crippen molar-refractivity contribution >= 4 is 15.8 Å². The highest BCUT2D eigenvalue weighted by Crippen LogP contribution is 2.22. The minimum atomic E-state index is -3.12. The maximum Gasteiger partial charge on any atom is 0.358 e. The van der Waals surface area contributed by atoms with Crippen molar-refractivity contribution in [1.29, 1.82) is 0 Å². The predicted octanol–water partition coefficient (Wildman–Crippen LogP) is 1.58. The number of aromatic nitrogens is 1. The summed E-state index contributed by atoms with van der Waals surface area (Å²) in [6.45, 7) is 0. The van der Waals surface area contributed by atoms with E-state index in [4.69, 9.17) is 9.63 Å². The minimum absolute atomic E-state index is 0.0826. The minimum Gasteiger partial charge on any atom is -0.476 e. The van der Waals surface area contributed by atoms with Crippen LogP contribution in [0.4, 0.5) is 0 Å². The zero-order valence-corrected chi connectivity index (χ0v) is 10.8. The molecule has 0 saturated heterocycles. The summed E-state index contributed by atoms with van der Waals surface area (Å²) in [5, 5.41) is 12.2. The highest BCUT2D eigenvalue weighted by atomic mass is 32.2. The average molecular weight is 281 g/mol. The molecule has 7 heteroatoms. The molecule has 0 fully saturated rings. The summed E-state index contributed by atoms with van der Waals surface area (Å²) in [4.78, 5) is 10.7. The number of carboxylic acid groups (broad SMARTS) is 1. The van der Waals surface area contributed by atoms with Gasteiger partial charge in [-0.05, 0) is 11.6 Å². The van der Waals surface area contributed by atoms with Crippen molar-refractivity contribution in [2.24, 2.45) is 0 Å². The van der Waals surface area contributed by atoms with Crippen molar-refractivity contribution < 1.29 is 22.8 Å². The molecule has 0 aliphatic rings. The number of carboxylic acids is 1. The summed E-state index contributed by atoms with van der Waals surface area (Å²) in [7, 11) is -3.12. The molecule has 0 aliphatic carbocycles. The monoisotopic (exact) mass is 281 g/mol. The largest absolute Gasteiger partial charge is 0.476 e. The van der Waals surface area contributed by atoms with Gasteiger partial charge in [0.05, 0.1) is 5.75 Å². The maximum absolute atomic E-state index is 11.2. The van der Waals surface area contributed by atoms with Crippen molar-refractivity contribution in [3.8, 4) is 11.3 Å². The van der Waals surface area contributed by atoms with Gasteiger partial charge in [-0.3, -0.25) is 0 Å². The Balaban J connectivity index is 2.34. The predicted molar refractivity (Wildman–Crippen MR) is 67.4 cm³/mol. The Morgan fingerprint density at radius 2 is 2.11 bits per heavy atom. The lowest BCUT2D eigenvalue weighted by atomic mass is 10.1. The fraction of sp³-hybridized carbons (Fsp3) is 0.167. The molecule has 1 aromatic heterocycles. The van der Waals surface area contributed by atoms with Gasteiger partial charge in [0.25, 0.3) is 0 Å². The van der Waals surface area contributed by atoms with E-state index in [1.807, 2.05) is 0 Å². The molecule has 0 unspecified atom stereocenters. The Hall–Kier alpha value is -2.15. The van der Waals surface area contributed by atoms with Crippen LogP contribution >= 0.6 is 0 Å². The summed E-state index contributed by atoms with van der Waals surface area (Å²) in [5.41, 5.74) is 0.998. The second kappa shape index (κ2) is 4.85. The smallest absolute Gasteiger partial charge is 0.358 e. The summed E-state index contributed by atoms with van der Waals surface area (Å²) in [6, 6.07) is 7.98. The van der Waals surface area contributed by atoms with E-state index in [-0.39, 0.29) is 17.2 Å². The number of rotatable bonds is 4. The van der Waals surface area contributed by atoms with Crippen LogP contribution in [-0.4, -0.2) is 30.9 Å². The van der Waals surface area contributed by atoms with Gasteiger partial charge in [-0.2, -0.15) is 0 Å². The molecular weight excluding hydrogens is 270 g/mol. The van der Waals surface area contributed by atoms with Gasteiger partial charge in [0.2, 0.25) is 0 Å². The molecule has 0 amide bonds. The Bertz CT molecular complexity index is 717. The third kappa shape index (κ3) is 3.41. The van der Waals surface area contributed by atoms with E-state index in [1.165, 1.54) is 6.07 Å². The van der Waals surface area contributed by atoms with Crippen molar-refractivity contribution in [3.63, 3.8) is 0 Å². The second-order valence-corrected chi connectivity index (χ2v) is 6.29. The number of nitrogens with zero attached hydrogens (tertiary/aromatic N) is 1. The SMILES string of the molecule is CS(=O)(=O)Cc1cccc(-c2cc(C(=O)O)no2)c1. The van der Waals surface area contributed by atoms with Gasteiger partial charge in [-0.15, -0.1) is 0 Å². The standard InChI is InChI=1S/C12H11NO5S/c1-19(16,17)7-8-3-2-4-9(5-8)11-6-10(12(14)15)13-18-11/h2-6H,7H2,1H3,(H,14,15). The van der Waals surface area contributed by atoms with Gasteiger partial charge < -0.3 is 9.63 Å². The van der Waals surface area contributed by atoms with Gasteiger partial charge in [0.15, 0.2) is 21.3 Å². The number of aromatic carboxylic acids is 1. The highest BCUT2D eigenvalue weighted by Gasteiger charge is 2.13. The van der Waals surface area contributed by atoms with Crippen LogP contribution < -0.4 is 0 Å². The maximum atomic E-state index is 11.2. The lowest BCUT2D eigenvalue weighted by Crippen LogP contribution is -2.00. The van der Waals surface area contributed by atoms with E-state index in [2.05, 4.69) is 5.16 Å². The Morgan fingerprint density at radius 1 is 1.37 bits per heavy atom. The fourth-order valence-corrected chi connectivity index (χ4v) is 2.41. The van der Waals surface area contributed by atoms with Crippen molar-refractivity contribution in [2.75, 3.05) is 6.26 Å². The van der Waals surface area contributed by atoms with Gasteiger partial charge in [0, 0.05) is 17.9 Å². The van der Waals surface area contributed by atoms with E-state index in [0.717, 1.165) is 6.26 Å². The quantitative estimate of drug-likeness (QED) is 0.913. The molecule has 6 nitrogen and oxygen atoms in total. The normalized spacial score (nSPS) is 11.4. The molecule has 1 N–H and O–H groups in total. The first kappa shape index (κ1) is 13.3. The number of hydrogen-bond donors (Lipinski definition) is 1. The topological polar surface area (TPSA) is 97.5 Å². The summed E-state index contributed by atoms with van der Waals surface area (Å²) < 4.78 is 27.4. The van der Waals surface area contributed by atoms with Crippen LogP contribution in [-0.2, 0) is 15.6 Å². The molecule has 1 heterocycles. The number of benzene rings is 1. The summed E-state index contributed by atoms with van der Waals surface area (Å²) in [5.74, 6) is -0.976. The van der Waals surface area contributed by atoms with Gasteiger partial charge in [-0.25, -0.2) is 13.2 Å². The van der Waals surface area contributed by atoms with Gasteiger partial charge in [0.1, 0.15) is 0 Å².